The molecular formula is C24H18N2O5S. The number of anilines is 1. The van der Waals surface area contributed by atoms with Crippen LogP contribution in [0.3, 0.4) is 0 Å². The maximum atomic E-state index is 12.8. The van der Waals surface area contributed by atoms with E-state index in [1.165, 1.54) is 36.0 Å². The number of benzene rings is 2. The van der Waals surface area contributed by atoms with E-state index >= 15 is 0 Å². The number of carbonyl (C=O) groups is 4. The van der Waals surface area contributed by atoms with Gasteiger partial charge in [0.15, 0.2) is 12.4 Å². The van der Waals surface area contributed by atoms with Gasteiger partial charge in [-0.25, -0.2) is 14.7 Å². The van der Waals surface area contributed by atoms with E-state index < -0.39 is 11.2 Å². The van der Waals surface area contributed by atoms with Crippen molar-refractivity contribution in [2.75, 3.05) is 11.5 Å². The Labute approximate surface area is 188 Å². The fourth-order valence-corrected chi connectivity index (χ4v) is 4.20. The molecule has 0 radical (unpaired) electrons. The average molecular weight is 446 g/mol. The zero-order chi connectivity index (χ0) is 22.5. The molecule has 1 unspecified atom stereocenters. The Balaban J connectivity index is 1.38. The lowest BCUT2D eigenvalue weighted by molar-refractivity contribution is -0.121. The quantitative estimate of drug-likeness (QED) is 0.311. The third-order valence-electron chi connectivity index (χ3n) is 4.80. The number of thioether (sulfide) groups is 1. The molecule has 0 spiro atoms. The van der Waals surface area contributed by atoms with Crippen LogP contribution in [0.1, 0.15) is 27.1 Å². The summed E-state index contributed by atoms with van der Waals surface area (Å²) in [7, 11) is 0. The first-order chi connectivity index (χ1) is 15.5. The summed E-state index contributed by atoms with van der Waals surface area (Å²) in [5.74, 6) is -1.61. The molecule has 1 aliphatic rings. The number of esters is 1. The first-order valence-corrected chi connectivity index (χ1v) is 10.7. The van der Waals surface area contributed by atoms with Gasteiger partial charge in [0.1, 0.15) is 0 Å². The molecule has 2 heterocycles. The number of carbonyl (C=O) groups excluding carboxylic acids is 4. The van der Waals surface area contributed by atoms with E-state index in [0.717, 1.165) is 4.90 Å². The molecule has 4 rings (SSSR count). The summed E-state index contributed by atoms with van der Waals surface area (Å²) in [5.41, 5.74) is 1.05. The Morgan fingerprint density at radius 2 is 1.66 bits per heavy atom. The molecule has 32 heavy (non-hydrogen) atoms. The van der Waals surface area contributed by atoms with Crippen LogP contribution in [-0.2, 0) is 14.3 Å². The number of amides is 2. The minimum absolute atomic E-state index is 0.0749. The minimum atomic E-state index is -0.663. The number of Topliss-reactive ketones (excluding diaryl/α,β-unsaturated/α-hetero) is 1. The summed E-state index contributed by atoms with van der Waals surface area (Å²) in [6.07, 6.45) is 1.71. The largest absolute Gasteiger partial charge is 0.454 e. The first kappa shape index (κ1) is 21.5. The van der Waals surface area contributed by atoms with E-state index in [2.05, 4.69) is 4.98 Å². The van der Waals surface area contributed by atoms with Crippen LogP contribution in [0.25, 0.3) is 0 Å². The third kappa shape index (κ3) is 4.76. The second kappa shape index (κ2) is 9.57. The van der Waals surface area contributed by atoms with Gasteiger partial charge >= 0.3 is 5.97 Å². The van der Waals surface area contributed by atoms with Gasteiger partial charge in [0.05, 0.1) is 21.5 Å². The summed E-state index contributed by atoms with van der Waals surface area (Å²) in [6.45, 7) is -0.375. The monoisotopic (exact) mass is 446 g/mol. The Morgan fingerprint density at radius 1 is 0.938 bits per heavy atom. The first-order valence-electron chi connectivity index (χ1n) is 9.83. The standard InChI is InChI=1S/C24H18N2O5S/c27-19(16-6-2-1-3-7-16)15-31-24(30)17-9-11-18(12-10-17)26-22(28)14-20(23(26)29)32-21-8-4-5-13-25-21/h1-13,20H,14-15H2. The minimum Gasteiger partial charge on any atom is -0.454 e. The summed E-state index contributed by atoms with van der Waals surface area (Å²) in [5, 5.41) is 0.120. The van der Waals surface area contributed by atoms with E-state index in [1.54, 1.807) is 48.7 Å². The molecule has 0 N–H and O–H groups in total. The Kier molecular flexibility index (Phi) is 6.42. The van der Waals surface area contributed by atoms with Crippen molar-refractivity contribution in [3.8, 4) is 0 Å². The van der Waals surface area contributed by atoms with E-state index in [0.29, 0.717) is 16.3 Å². The van der Waals surface area contributed by atoms with Crippen molar-refractivity contribution in [3.05, 3.63) is 90.1 Å². The van der Waals surface area contributed by atoms with Crippen molar-refractivity contribution in [1.29, 1.82) is 0 Å². The molecule has 1 fully saturated rings. The molecule has 3 aromatic rings. The maximum absolute atomic E-state index is 12.8. The number of imide groups is 1. The fraction of sp³-hybridized carbons (Fsp3) is 0.125. The molecular weight excluding hydrogens is 428 g/mol. The van der Waals surface area contributed by atoms with Crippen LogP contribution in [-0.4, -0.2) is 40.4 Å². The second-order valence-corrected chi connectivity index (χ2v) is 8.18. The zero-order valence-corrected chi connectivity index (χ0v) is 17.7. The van der Waals surface area contributed by atoms with Gasteiger partial charge in [0.25, 0.3) is 0 Å². The summed E-state index contributed by atoms with van der Waals surface area (Å²) in [6, 6.07) is 19.9. The van der Waals surface area contributed by atoms with Crippen molar-refractivity contribution in [2.45, 2.75) is 16.7 Å². The van der Waals surface area contributed by atoms with Crippen molar-refractivity contribution < 1.29 is 23.9 Å². The molecule has 1 saturated heterocycles. The molecule has 2 amide bonds. The van der Waals surface area contributed by atoms with Gasteiger partial charge in [0.2, 0.25) is 11.8 Å². The highest BCUT2D eigenvalue weighted by molar-refractivity contribution is 8.00. The van der Waals surface area contributed by atoms with E-state index in [4.69, 9.17) is 4.74 Å². The fourth-order valence-electron chi connectivity index (χ4n) is 3.20. The molecule has 0 bridgehead atoms. The number of ketones is 1. The number of aromatic nitrogens is 1. The summed E-state index contributed by atoms with van der Waals surface area (Å²) >= 11 is 1.25. The highest BCUT2D eigenvalue weighted by Crippen LogP contribution is 2.33. The van der Waals surface area contributed by atoms with Gasteiger partial charge < -0.3 is 4.74 Å². The number of hydrogen-bond acceptors (Lipinski definition) is 7. The Hall–Kier alpha value is -3.78. The Morgan fingerprint density at radius 3 is 2.34 bits per heavy atom. The zero-order valence-electron chi connectivity index (χ0n) is 16.8. The van der Waals surface area contributed by atoms with Gasteiger partial charge in [-0.3, -0.25) is 14.4 Å². The van der Waals surface area contributed by atoms with Crippen LogP contribution in [0, 0.1) is 0 Å². The molecule has 1 aliphatic heterocycles. The lowest BCUT2D eigenvalue weighted by atomic mass is 10.1. The van der Waals surface area contributed by atoms with Crippen LogP contribution in [0.15, 0.2) is 84.0 Å². The SMILES string of the molecule is O=C(COC(=O)c1ccc(N2C(=O)CC(Sc3ccccn3)C2=O)cc1)c1ccccc1. The molecule has 160 valence electrons. The lowest BCUT2D eigenvalue weighted by Crippen LogP contribution is -2.31. The van der Waals surface area contributed by atoms with Crippen molar-refractivity contribution in [1.82, 2.24) is 4.98 Å². The number of nitrogens with zero attached hydrogens (tertiary/aromatic N) is 2. The van der Waals surface area contributed by atoms with Crippen molar-refractivity contribution >= 4 is 41.0 Å². The van der Waals surface area contributed by atoms with Gasteiger partial charge in [-0.15, -0.1) is 0 Å². The number of rotatable bonds is 7. The predicted molar refractivity (Wildman–Crippen MR) is 118 cm³/mol. The second-order valence-electron chi connectivity index (χ2n) is 6.96. The number of pyridine rings is 1. The summed E-state index contributed by atoms with van der Waals surface area (Å²) < 4.78 is 5.09. The molecule has 2 aromatic carbocycles. The van der Waals surface area contributed by atoms with Crippen LogP contribution in [0.4, 0.5) is 5.69 Å². The normalized spacial score (nSPS) is 15.6. The molecule has 7 nitrogen and oxygen atoms in total. The van der Waals surface area contributed by atoms with Crippen molar-refractivity contribution in [3.63, 3.8) is 0 Å². The van der Waals surface area contributed by atoms with E-state index in [1.807, 2.05) is 6.07 Å². The summed E-state index contributed by atoms with van der Waals surface area (Å²) in [4.78, 5) is 54.9. The molecule has 1 atom stereocenters. The van der Waals surface area contributed by atoms with Crippen LogP contribution >= 0.6 is 11.8 Å². The van der Waals surface area contributed by atoms with Gasteiger partial charge in [0, 0.05) is 18.2 Å². The van der Waals surface area contributed by atoms with Gasteiger partial charge in [-0.2, -0.15) is 0 Å². The van der Waals surface area contributed by atoms with E-state index in [-0.39, 0.29) is 36.2 Å². The molecule has 1 aromatic heterocycles. The van der Waals surface area contributed by atoms with E-state index in [9.17, 15) is 19.2 Å². The molecule has 8 heteroatoms. The number of ether oxygens (including phenoxy) is 1. The van der Waals surface area contributed by atoms with Gasteiger partial charge in [-0.1, -0.05) is 48.2 Å². The topological polar surface area (TPSA) is 93.6 Å². The molecule has 0 saturated carbocycles. The predicted octanol–water partition coefficient (Wildman–Crippen LogP) is 3.55. The van der Waals surface area contributed by atoms with Gasteiger partial charge in [-0.05, 0) is 36.4 Å². The van der Waals surface area contributed by atoms with Crippen LogP contribution in [0.5, 0.6) is 0 Å². The third-order valence-corrected chi connectivity index (χ3v) is 5.93. The van der Waals surface area contributed by atoms with Crippen LogP contribution in [0.2, 0.25) is 0 Å². The lowest BCUT2D eigenvalue weighted by Gasteiger charge is -2.15. The highest BCUT2D eigenvalue weighted by atomic mass is 32.2. The molecule has 0 aliphatic carbocycles. The maximum Gasteiger partial charge on any atom is 0.338 e. The smallest absolute Gasteiger partial charge is 0.338 e. The average Bonchev–Trinajstić information content (AvgIpc) is 3.11. The van der Waals surface area contributed by atoms with Crippen molar-refractivity contribution in [2.24, 2.45) is 0 Å². The number of hydrogen-bond donors (Lipinski definition) is 0. The Bertz CT molecular complexity index is 1150. The van der Waals surface area contributed by atoms with Crippen LogP contribution < -0.4 is 4.90 Å². The highest BCUT2D eigenvalue weighted by Gasteiger charge is 2.40.